The Morgan fingerprint density at radius 1 is 1.33 bits per heavy atom. The van der Waals surface area contributed by atoms with E-state index in [1.807, 2.05) is 19.2 Å². The zero-order chi connectivity index (χ0) is 19.2. The molecule has 1 unspecified atom stereocenters. The monoisotopic (exact) mass is 387 g/mol. The van der Waals surface area contributed by atoms with Crippen LogP contribution in [-0.4, -0.2) is 48.1 Å². The molecule has 2 aromatic rings. The number of hydrogen-bond acceptors (Lipinski definition) is 5. The zero-order valence-electron chi connectivity index (χ0n) is 16.4. The first-order chi connectivity index (χ1) is 13.1. The number of thiazole rings is 1. The van der Waals surface area contributed by atoms with Gasteiger partial charge in [0.2, 0.25) is 5.91 Å². The van der Waals surface area contributed by atoms with Crippen LogP contribution in [-0.2, 0) is 9.53 Å². The van der Waals surface area contributed by atoms with E-state index in [4.69, 9.17) is 4.74 Å². The fourth-order valence-corrected chi connectivity index (χ4v) is 4.08. The second-order valence-electron chi connectivity index (χ2n) is 7.21. The van der Waals surface area contributed by atoms with E-state index in [1.54, 1.807) is 0 Å². The minimum Gasteiger partial charge on any atom is -0.381 e. The van der Waals surface area contributed by atoms with Crippen LogP contribution in [0.15, 0.2) is 29.6 Å². The Bertz CT molecular complexity index is 736. The minimum absolute atomic E-state index is 0.0167. The molecule has 6 heteroatoms. The van der Waals surface area contributed by atoms with Gasteiger partial charge in [-0.3, -0.25) is 9.69 Å². The molecule has 0 bridgehead atoms. The summed E-state index contributed by atoms with van der Waals surface area (Å²) in [6.45, 7) is 9.58. The van der Waals surface area contributed by atoms with Crippen LogP contribution in [0.3, 0.4) is 0 Å². The maximum atomic E-state index is 12.6. The van der Waals surface area contributed by atoms with Crippen LogP contribution >= 0.6 is 11.3 Å². The van der Waals surface area contributed by atoms with Gasteiger partial charge < -0.3 is 10.1 Å². The molecule has 0 aliphatic carbocycles. The number of carbonyl (C=O) groups is 1. The molecule has 1 aliphatic heterocycles. The van der Waals surface area contributed by atoms with Crippen molar-refractivity contribution in [3.8, 4) is 11.3 Å². The Labute approximate surface area is 165 Å². The topological polar surface area (TPSA) is 54.5 Å². The van der Waals surface area contributed by atoms with E-state index in [-0.39, 0.29) is 11.9 Å². The van der Waals surface area contributed by atoms with E-state index in [9.17, 15) is 4.79 Å². The normalized spacial score (nSPS) is 17.0. The molecule has 146 valence electrons. The van der Waals surface area contributed by atoms with Crippen molar-refractivity contribution < 1.29 is 9.53 Å². The Balaban J connectivity index is 1.52. The summed E-state index contributed by atoms with van der Waals surface area (Å²) in [5, 5.41) is 5.64. The van der Waals surface area contributed by atoms with Crippen LogP contribution < -0.4 is 5.32 Å². The highest BCUT2D eigenvalue weighted by Crippen LogP contribution is 2.26. The Kier molecular flexibility index (Phi) is 6.99. The number of hydrogen-bond donors (Lipinski definition) is 1. The summed E-state index contributed by atoms with van der Waals surface area (Å²) in [6.07, 6.45) is 2.18. The van der Waals surface area contributed by atoms with Crippen molar-refractivity contribution in [3.63, 3.8) is 0 Å². The predicted octanol–water partition coefficient (Wildman–Crippen LogP) is 4.19. The van der Waals surface area contributed by atoms with Crippen molar-refractivity contribution in [2.75, 3.05) is 31.6 Å². The first-order valence-electron chi connectivity index (χ1n) is 9.72. The number of nitrogens with one attached hydrogen (secondary N) is 1. The summed E-state index contributed by atoms with van der Waals surface area (Å²) in [7, 11) is 0. The van der Waals surface area contributed by atoms with Crippen molar-refractivity contribution in [1.29, 1.82) is 0 Å². The van der Waals surface area contributed by atoms with Gasteiger partial charge in [0.05, 0.1) is 11.7 Å². The number of aromatic nitrogens is 1. The lowest BCUT2D eigenvalue weighted by atomic mass is 9.96. The number of ether oxygens (including phenoxy) is 1. The van der Waals surface area contributed by atoms with E-state index >= 15 is 0 Å². The first-order valence-corrected chi connectivity index (χ1v) is 10.6. The number of rotatable bonds is 7. The summed E-state index contributed by atoms with van der Waals surface area (Å²) >= 11 is 1.47. The fourth-order valence-electron chi connectivity index (χ4n) is 3.36. The summed E-state index contributed by atoms with van der Waals surface area (Å²) in [6, 6.07) is 8.12. The third kappa shape index (κ3) is 5.37. The molecule has 1 aromatic carbocycles. The van der Waals surface area contributed by atoms with Gasteiger partial charge >= 0.3 is 0 Å². The van der Waals surface area contributed by atoms with Crippen LogP contribution in [0.4, 0.5) is 5.13 Å². The third-order valence-corrected chi connectivity index (χ3v) is 5.97. The van der Waals surface area contributed by atoms with Gasteiger partial charge in [-0.2, -0.15) is 0 Å². The van der Waals surface area contributed by atoms with E-state index in [1.165, 1.54) is 16.9 Å². The quantitative estimate of drug-likeness (QED) is 0.774. The molecule has 2 heterocycles. The highest BCUT2D eigenvalue weighted by molar-refractivity contribution is 7.14. The van der Waals surface area contributed by atoms with Crippen molar-refractivity contribution in [2.45, 2.75) is 39.7 Å². The van der Waals surface area contributed by atoms with Crippen molar-refractivity contribution in [1.82, 2.24) is 9.88 Å². The molecule has 0 radical (unpaired) electrons. The number of carbonyl (C=O) groups excluding carboxylic acids is 1. The maximum absolute atomic E-state index is 12.6. The molecule has 1 amide bonds. The smallest absolute Gasteiger partial charge is 0.243 e. The molecule has 1 aliphatic rings. The first kappa shape index (κ1) is 20.0. The average Bonchev–Trinajstić information content (AvgIpc) is 3.15. The number of anilines is 1. The van der Waals surface area contributed by atoms with Gasteiger partial charge in [-0.1, -0.05) is 29.8 Å². The number of piperidine rings is 1. The molecule has 1 N–H and O–H groups in total. The molecule has 1 saturated heterocycles. The highest BCUT2D eigenvalue weighted by Gasteiger charge is 2.27. The molecule has 0 spiro atoms. The number of amides is 1. The molecule has 1 atom stereocenters. The lowest BCUT2D eigenvalue weighted by molar-refractivity contribution is -0.121. The lowest BCUT2D eigenvalue weighted by Crippen LogP contribution is -2.46. The average molecular weight is 388 g/mol. The molecule has 27 heavy (non-hydrogen) atoms. The zero-order valence-corrected chi connectivity index (χ0v) is 17.2. The number of aryl methyl sites for hydroxylation is 1. The highest BCUT2D eigenvalue weighted by atomic mass is 32.1. The standard InChI is InChI=1S/C21H29N3O2S/c1-4-26-13-17-9-11-24(12-10-17)16(3)20(25)23-21-22-19(14-27-21)18-7-5-15(2)6-8-18/h5-8,14,16-17H,4,9-13H2,1-3H3,(H,22,23,25). The fraction of sp³-hybridized carbons (Fsp3) is 0.524. The largest absolute Gasteiger partial charge is 0.381 e. The van der Waals surface area contributed by atoms with E-state index in [0.29, 0.717) is 11.0 Å². The molecular formula is C21H29N3O2S. The van der Waals surface area contributed by atoms with Crippen molar-refractivity contribution >= 4 is 22.4 Å². The Morgan fingerprint density at radius 3 is 2.70 bits per heavy atom. The summed E-state index contributed by atoms with van der Waals surface area (Å²) in [4.78, 5) is 19.5. The summed E-state index contributed by atoms with van der Waals surface area (Å²) < 4.78 is 5.54. The van der Waals surface area contributed by atoms with E-state index < -0.39 is 0 Å². The lowest BCUT2D eigenvalue weighted by Gasteiger charge is -2.35. The van der Waals surface area contributed by atoms with Gasteiger partial charge in [-0.15, -0.1) is 11.3 Å². The van der Waals surface area contributed by atoms with E-state index in [0.717, 1.165) is 50.4 Å². The van der Waals surface area contributed by atoms with Gasteiger partial charge in [0.25, 0.3) is 0 Å². The summed E-state index contributed by atoms with van der Waals surface area (Å²) in [5.41, 5.74) is 3.20. The second-order valence-corrected chi connectivity index (χ2v) is 8.07. The van der Waals surface area contributed by atoms with Crippen LogP contribution in [0.5, 0.6) is 0 Å². The summed E-state index contributed by atoms with van der Waals surface area (Å²) in [5.74, 6) is 0.635. The molecule has 1 aromatic heterocycles. The Morgan fingerprint density at radius 2 is 2.04 bits per heavy atom. The predicted molar refractivity (Wildman–Crippen MR) is 111 cm³/mol. The number of likely N-dealkylation sites (tertiary alicyclic amines) is 1. The van der Waals surface area contributed by atoms with Gasteiger partial charge in [-0.05, 0) is 52.6 Å². The molecular weight excluding hydrogens is 358 g/mol. The molecule has 1 fully saturated rings. The molecule has 3 rings (SSSR count). The van der Waals surface area contributed by atoms with Gasteiger partial charge in [0.1, 0.15) is 0 Å². The number of nitrogens with zero attached hydrogens (tertiary/aromatic N) is 2. The third-order valence-electron chi connectivity index (χ3n) is 5.22. The minimum atomic E-state index is -0.148. The van der Waals surface area contributed by atoms with Crippen LogP contribution in [0.1, 0.15) is 32.3 Å². The second kappa shape index (κ2) is 9.44. The molecule has 0 saturated carbocycles. The Hall–Kier alpha value is -1.76. The van der Waals surface area contributed by atoms with Gasteiger partial charge in [0.15, 0.2) is 5.13 Å². The van der Waals surface area contributed by atoms with E-state index in [2.05, 4.69) is 46.4 Å². The van der Waals surface area contributed by atoms with Crippen molar-refractivity contribution in [2.24, 2.45) is 5.92 Å². The SMILES string of the molecule is CCOCC1CCN(C(C)C(=O)Nc2nc(-c3ccc(C)cc3)cs2)CC1. The van der Waals surface area contributed by atoms with Gasteiger partial charge in [-0.25, -0.2) is 4.98 Å². The van der Waals surface area contributed by atoms with Crippen LogP contribution in [0, 0.1) is 12.8 Å². The van der Waals surface area contributed by atoms with Crippen LogP contribution in [0.25, 0.3) is 11.3 Å². The van der Waals surface area contributed by atoms with Crippen molar-refractivity contribution in [3.05, 3.63) is 35.2 Å². The van der Waals surface area contributed by atoms with Gasteiger partial charge in [0, 0.05) is 24.2 Å². The number of benzene rings is 1. The molecule has 5 nitrogen and oxygen atoms in total. The van der Waals surface area contributed by atoms with Crippen LogP contribution in [0.2, 0.25) is 0 Å². The maximum Gasteiger partial charge on any atom is 0.243 e.